The van der Waals surface area contributed by atoms with Crippen LogP contribution in [-0.2, 0) is 18.3 Å². The zero-order chi connectivity index (χ0) is 21.4. The molecule has 0 atom stereocenters. The van der Waals surface area contributed by atoms with Crippen molar-refractivity contribution in [2.24, 2.45) is 18.9 Å². The molecule has 1 aromatic carbocycles. The van der Waals surface area contributed by atoms with E-state index in [4.69, 9.17) is 0 Å². The van der Waals surface area contributed by atoms with Crippen LogP contribution < -0.4 is 0 Å². The fourth-order valence-corrected chi connectivity index (χ4v) is 4.93. The number of Topliss-reactive ketones (excluding diaryl/α,β-unsaturated/α-hetero) is 1. The van der Waals surface area contributed by atoms with Gasteiger partial charge in [0, 0.05) is 49.7 Å². The van der Waals surface area contributed by atoms with E-state index in [1.54, 1.807) is 4.68 Å². The lowest BCUT2D eigenvalue weighted by Crippen LogP contribution is -2.50. The maximum absolute atomic E-state index is 13.0. The highest BCUT2D eigenvalue weighted by atomic mass is 19.1. The lowest BCUT2D eigenvalue weighted by molar-refractivity contribution is -0.123. The van der Waals surface area contributed by atoms with Gasteiger partial charge in [-0.25, -0.2) is 4.39 Å². The van der Waals surface area contributed by atoms with Gasteiger partial charge >= 0.3 is 0 Å². The molecule has 0 N–H and O–H groups in total. The molecule has 0 spiro atoms. The van der Waals surface area contributed by atoms with Crippen LogP contribution in [0.1, 0.15) is 31.4 Å². The van der Waals surface area contributed by atoms with E-state index in [1.807, 2.05) is 37.6 Å². The quantitative estimate of drug-likeness (QED) is 0.609. The van der Waals surface area contributed by atoms with Gasteiger partial charge in [-0.05, 0) is 55.4 Å². The third kappa shape index (κ3) is 4.51. The van der Waals surface area contributed by atoms with Gasteiger partial charge in [0.1, 0.15) is 12.0 Å². The highest BCUT2D eigenvalue weighted by Gasteiger charge is 2.31. The Hall–Kier alpha value is -2.67. The molecule has 6 nitrogen and oxygen atoms in total. The number of hydrogen-bond acceptors (Lipinski definition) is 5. The first-order valence-corrected chi connectivity index (χ1v) is 11.2. The predicted molar refractivity (Wildman–Crippen MR) is 117 cm³/mol. The first kappa shape index (κ1) is 20.2. The first-order valence-electron chi connectivity index (χ1n) is 11.2. The number of ketones is 1. The number of carbonyl (C=O) groups is 1. The third-order valence-electron chi connectivity index (χ3n) is 6.76. The van der Waals surface area contributed by atoms with Crippen LogP contribution in [0.25, 0.3) is 22.0 Å². The fourth-order valence-electron chi connectivity index (χ4n) is 4.93. The summed E-state index contributed by atoms with van der Waals surface area (Å²) in [6.45, 7) is 2.15. The Morgan fingerprint density at radius 2 is 1.90 bits per heavy atom. The van der Waals surface area contributed by atoms with Crippen LogP contribution in [-0.4, -0.2) is 56.5 Å². The molecule has 2 aliphatic rings. The van der Waals surface area contributed by atoms with Crippen molar-refractivity contribution in [1.29, 1.82) is 0 Å². The summed E-state index contributed by atoms with van der Waals surface area (Å²) in [7, 11) is 1.90. The first-order chi connectivity index (χ1) is 15.0. The van der Waals surface area contributed by atoms with Crippen molar-refractivity contribution in [3.8, 4) is 11.1 Å². The molecule has 5 rings (SSSR count). The smallest absolute Gasteiger partial charge is 0.141 e. The summed E-state index contributed by atoms with van der Waals surface area (Å²) in [5.74, 6) is 0.979. The van der Waals surface area contributed by atoms with E-state index in [0.29, 0.717) is 25.4 Å². The molecule has 2 fully saturated rings. The lowest BCUT2D eigenvalue weighted by atomic mass is 9.78. The maximum atomic E-state index is 13.0. The van der Waals surface area contributed by atoms with Gasteiger partial charge < -0.3 is 0 Å². The van der Waals surface area contributed by atoms with E-state index in [-0.39, 0.29) is 11.7 Å². The van der Waals surface area contributed by atoms with Crippen LogP contribution in [0.5, 0.6) is 0 Å². The second kappa shape index (κ2) is 8.46. The van der Waals surface area contributed by atoms with E-state index in [0.717, 1.165) is 60.0 Å². The molecule has 1 aliphatic heterocycles. The number of fused-ring (bicyclic) bond motifs is 1. The Morgan fingerprint density at radius 3 is 2.61 bits per heavy atom. The number of benzene rings is 1. The van der Waals surface area contributed by atoms with Crippen LogP contribution in [0.3, 0.4) is 0 Å². The largest absolute Gasteiger partial charge is 0.299 e. The summed E-state index contributed by atoms with van der Waals surface area (Å²) in [6, 6.07) is 8.05. The van der Waals surface area contributed by atoms with E-state index >= 15 is 0 Å². The fraction of sp³-hybridized carbons (Fsp3) is 0.500. The molecule has 1 saturated heterocycles. The average Bonchev–Trinajstić information content (AvgIpc) is 3.19. The molecule has 1 aliphatic carbocycles. The van der Waals surface area contributed by atoms with Crippen molar-refractivity contribution in [2.75, 3.05) is 19.6 Å². The number of hydrogen-bond donors (Lipinski definition) is 0. The Kier molecular flexibility index (Phi) is 5.52. The molecule has 3 aromatic rings. The summed E-state index contributed by atoms with van der Waals surface area (Å²) in [6.07, 6.45) is 7.50. The van der Waals surface area contributed by atoms with Gasteiger partial charge in [0.25, 0.3) is 0 Å². The number of carbonyl (C=O) groups excluding carboxylic acids is 1. The molecular weight excluding hydrogens is 393 g/mol. The second-order valence-corrected chi connectivity index (χ2v) is 9.19. The zero-order valence-electron chi connectivity index (χ0n) is 17.9. The number of aryl methyl sites for hydroxylation is 1. The number of nitrogens with zero attached hydrogens (tertiary/aromatic N) is 5. The van der Waals surface area contributed by atoms with Crippen molar-refractivity contribution in [3.05, 3.63) is 42.4 Å². The summed E-state index contributed by atoms with van der Waals surface area (Å²) < 4.78 is 14.8. The average molecular weight is 422 g/mol. The van der Waals surface area contributed by atoms with Gasteiger partial charge in [0.05, 0.1) is 23.8 Å². The molecule has 0 radical (unpaired) electrons. The van der Waals surface area contributed by atoms with Gasteiger partial charge in [-0.3, -0.25) is 14.4 Å². The lowest BCUT2D eigenvalue weighted by Gasteiger charge is -2.38. The zero-order valence-corrected chi connectivity index (χ0v) is 17.9. The monoisotopic (exact) mass is 421 g/mol. The summed E-state index contributed by atoms with van der Waals surface area (Å²) >= 11 is 0. The minimum atomic E-state index is -0.638. The SMILES string of the molecule is Cn1cc(-c2ccc3nnc(CC(=O)C4CCC(CN5CC(F)C5)CC4)cc3c2)cn1. The molecule has 162 valence electrons. The standard InChI is InChI=1S/C24H28FN5O/c1-29-13-20(11-26-29)18-6-7-23-19(8-18)9-22(27-28-23)10-24(31)17-4-2-16(3-5-17)12-30-14-21(25)15-30/h6-9,11,13,16-17,21H,2-5,10,12,14-15H2,1H3. The van der Waals surface area contributed by atoms with Gasteiger partial charge in [-0.1, -0.05) is 6.07 Å². The molecule has 0 bridgehead atoms. The number of rotatable bonds is 6. The van der Waals surface area contributed by atoms with Crippen molar-refractivity contribution < 1.29 is 9.18 Å². The normalized spacial score (nSPS) is 22.5. The highest BCUT2D eigenvalue weighted by molar-refractivity contribution is 5.86. The molecule has 0 unspecified atom stereocenters. The molecule has 7 heteroatoms. The second-order valence-electron chi connectivity index (χ2n) is 9.19. The van der Waals surface area contributed by atoms with Gasteiger partial charge in [0.2, 0.25) is 0 Å². The van der Waals surface area contributed by atoms with Crippen LogP contribution in [0, 0.1) is 11.8 Å². The molecule has 31 heavy (non-hydrogen) atoms. The Balaban J connectivity index is 1.21. The number of halogens is 1. The van der Waals surface area contributed by atoms with Crippen LogP contribution in [0.15, 0.2) is 36.7 Å². The highest BCUT2D eigenvalue weighted by Crippen LogP contribution is 2.32. The van der Waals surface area contributed by atoms with Gasteiger partial charge in [-0.15, -0.1) is 0 Å². The Morgan fingerprint density at radius 1 is 1.10 bits per heavy atom. The van der Waals surface area contributed by atoms with E-state index < -0.39 is 6.17 Å². The Labute approximate surface area is 181 Å². The van der Waals surface area contributed by atoms with E-state index in [2.05, 4.69) is 26.3 Å². The third-order valence-corrected chi connectivity index (χ3v) is 6.76. The van der Waals surface area contributed by atoms with Crippen molar-refractivity contribution in [3.63, 3.8) is 0 Å². The summed E-state index contributed by atoms with van der Waals surface area (Å²) in [5.41, 5.74) is 3.68. The van der Waals surface area contributed by atoms with Crippen molar-refractivity contribution in [2.45, 2.75) is 38.3 Å². The minimum absolute atomic E-state index is 0.112. The molecule has 0 amide bonds. The number of likely N-dealkylation sites (tertiary alicyclic amines) is 1. The molecule has 2 aromatic heterocycles. The molecule has 1 saturated carbocycles. The summed E-state index contributed by atoms with van der Waals surface area (Å²) in [5, 5.41) is 13.9. The van der Waals surface area contributed by atoms with Crippen molar-refractivity contribution in [1.82, 2.24) is 24.9 Å². The van der Waals surface area contributed by atoms with E-state index in [9.17, 15) is 9.18 Å². The van der Waals surface area contributed by atoms with E-state index in [1.165, 1.54) is 0 Å². The van der Waals surface area contributed by atoms with Crippen LogP contribution >= 0.6 is 0 Å². The van der Waals surface area contributed by atoms with Crippen LogP contribution in [0.4, 0.5) is 4.39 Å². The summed E-state index contributed by atoms with van der Waals surface area (Å²) in [4.78, 5) is 15.1. The molecular formula is C24H28FN5O. The van der Waals surface area contributed by atoms with Gasteiger partial charge in [-0.2, -0.15) is 15.3 Å². The minimum Gasteiger partial charge on any atom is -0.299 e. The van der Waals surface area contributed by atoms with Gasteiger partial charge in [0.15, 0.2) is 0 Å². The Bertz CT molecular complexity index is 1080. The molecule has 3 heterocycles. The number of aromatic nitrogens is 4. The number of alkyl halides is 1. The van der Waals surface area contributed by atoms with Crippen LogP contribution in [0.2, 0.25) is 0 Å². The maximum Gasteiger partial charge on any atom is 0.141 e. The van der Waals surface area contributed by atoms with Crippen molar-refractivity contribution >= 4 is 16.7 Å². The topological polar surface area (TPSA) is 63.9 Å². The predicted octanol–water partition coefficient (Wildman–Crippen LogP) is 3.60.